The molecule has 1 amide bonds. The molecule has 1 saturated carbocycles. The number of fused-ring (bicyclic) bond motifs is 1. The zero-order valence-electron chi connectivity index (χ0n) is 9.40. The molecule has 1 fully saturated rings. The third-order valence-corrected chi connectivity index (χ3v) is 3.47. The van der Waals surface area contributed by atoms with Crippen LogP contribution < -0.4 is 11.1 Å². The van der Waals surface area contributed by atoms with Crippen molar-refractivity contribution in [2.45, 2.75) is 12.8 Å². The molecule has 2 aromatic heterocycles. The monoisotopic (exact) mass is 266 g/mol. The summed E-state index contributed by atoms with van der Waals surface area (Å²) in [6.07, 6.45) is 3.07. The minimum Gasteiger partial charge on any atom is -0.341 e. The van der Waals surface area contributed by atoms with E-state index in [0.29, 0.717) is 17.7 Å². The van der Waals surface area contributed by atoms with Crippen molar-refractivity contribution in [3.8, 4) is 0 Å². The van der Waals surface area contributed by atoms with Gasteiger partial charge in [0.1, 0.15) is 5.52 Å². The van der Waals surface area contributed by atoms with Gasteiger partial charge in [0.2, 0.25) is 11.9 Å². The number of carbonyl (C=O) groups excluding carboxylic acids is 1. The SMILES string of the molecule is NCC1(C(=O)Nc2nc(Cl)c3[nH]cnc3n2)CC1. The molecule has 0 spiro atoms. The summed E-state index contributed by atoms with van der Waals surface area (Å²) in [7, 11) is 0. The Morgan fingerprint density at radius 3 is 3.00 bits per heavy atom. The lowest BCUT2D eigenvalue weighted by Crippen LogP contribution is -2.31. The van der Waals surface area contributed by atoms with Crippen LogP contribution in [0, 0.1) is 5.41 Å². The predicted molar refractivity (Wildman–Crippen MR) is 66.0 cm³/mol. The molecule has 1 aliphatic rings. The molecule has 0 unspecified atom stereocenters. The van der Waals surface area contributed by atoms with Crippen LogP contribution in [0.4, 0.5) is 5.95 Å². The number of nitrogens with one attached hydrogen (secondary N) is 2. The van der Waals surface area contributed by atoms with E-state index in [2.05, 4.69) is 25.3 Å². The van der Waals surface area contributed by atoms with Gasteiger partial charge in [-0.2, -0.15) is 9.97 Å². The highest BCUT2D eigenvalue weighted by atomic mass is 35.5. The summed E-state index contributed by atoms with van der Waals surface area (Å²) >= 11 is 5.95. The van der Waals surface area contributed by atoms with Gasteiger partial charge in [-0.05, 0) is 12.8 Å². The van der Waals surface area contributed by atoms with Crippen LogP contribution in [-0.4, -0.2) is 32.4 Å². The standard InChI is InChI=1S/C10H11ClN6O/c11-6-5-7(14-4-13-5)16-9(15-6)17-8(18)10(3-12)1-2-10/h4H,1-3,12H2,(H2,13,14,15,16,17,18). The number of aromatic amines is 1. The van der Waals surface area contributed by atoms with E-state index in [1.165, 1.54) is 6.33 Å². The quantitative estimate of drug-likeness (QED) is 0.708. The molecule has 18 heavy (non-hydrogen) atoms. The predicted octanol–water partition coefficient (Wildman–Crippen LogP) is 0.684. The number of anilines is 1. The molecule has 94 valence electrons. The van der Waals surface area contributed by atoms with Crippen molar-refractivity contribution in [1.29, 1.82) is 0 Å². The minimum absolute atomic E-state index is 0.157. The number of nitrogens with two attached hydrogens (primary N) is 1. The van der Waals surface area contributed by atoms with Crippen molar-refractivity contribution in [3.05, 3.63) is 11.5 Å². The molecule has 1 aliphatic carbocycles. The molecule has 0 radical (unpaired) electrons. The van der Waals surface area contributed by atoms with Gasteiger partial charge in [-0.3, -0.25) is 10.1 Å². The lowest BCUT2D eigenvalue weighted by Gasteiger charge is -2.11. The summed E-state index contributed by atoms with van der Waals surface area (Å²) in [6.45, 7) is 0.331. The smallest absolute Gasteiger partial charge is 0.234 e. The fourth-order valence-corrected chi connectivity index (χ4v) is 1.98. The third-order valence-electron chi connectivity index (χ3n) is 3.19. The lowest BCUT2D eigenvalue weighted by molar-refractivity contribution is -0.120. The summed E-state index contributed by atoms with van der Waals surface area (Å²) in [6, 6.07) is 0. The number of imidazole rings is 1. The number of aromatic nitrogens is 4. The second-order valence-corrected chi connectivity index (χ2v) is 4.74. The highest BCUT2D eigenvalue weighted by molar-refractivity contribution is 6.33. The van der Waals surface area contributed by atoms with Gasteiger partial charge < -0.3 is 10.7 Å². The highest BCUT2D eigenvalue weighted by Gasteiger charge is 2.48. The fraction of sp³-hybridized carbons (Fsp3) is 0.400. The molecule has 2 heterocycles. The van der Waals surface area contributed by atoms with E-state index in [1.54, 1.807) is 0 Å². The Labute approximate surface area is 107 Å². The van der Waals surface area contributed by atoms with E-state index >= 15 is 0 Å². The van der Waals surface area contributed by atoms with Crippen LogP contribution in [-0.2, 0) is 4.79 Å². The number of nitrogens with zero attached hydrogens (tertiary/aromatic N) is 3. The van der Waals surface area contributed by atoms with Crippen molar-refractivity contribution < 1.29 is 4.79 Å². The topological polar surface area (TPSA) is 110 Å². The molecule has 7 nitrogen and oxygen atoms in total. The van der Waals surface area contributed by atoms with Crippen LogP contribution in [0.2, 0.25) is 5.15 Å². The maximum atomic E-state index is 12.0. The number of hydrogen-bond donors (Lipinski definition) is 3. The van der Waals surface area contributed by atoms with E-state index in [0.717, 1.165) is 12.8 Å². The molecule has 0 atom stereocenters. The average molecular weight is 267 g/mol. The zero-order valence-corrected chi connectivity index (χ0v) is 10.2. The van der Waals surface area contributed by atoms with E-state index in [1.807, 2.05) is 0 Å². The number of halogens is 1. The van der Waals surface area contributed by atoms with E-state index in [9.17, 15) is 4.79 Å². The molecular weight excluding hydrogens is 256 g/mol. The number of amides is 1. The third kappa shape index (κ3) is 1.72. The molecule has 3 rings (SSSR count). The van der Waals surface area contributed by atoms with E-state index in [4.69, 9.17) is 17.3 Å². The largest absolute Gasteiger partial charge is 0.341 e. The molecule has 0 saturated heterocycles. The Kier molecular flexibility index (Phi) is 2.46. The summed E-state index contributed by atoms with van der Waals surface area (Å²) < 4.78 is 0. The van der Waals surface area contributed by atoms with Gasteiger partial charge in [0, 0.05) is 6.54 Å². The van der Waals surface area contributed by atoms with Gasteiger partial charge in [-0.15, -0.1) is 0 Å². The number of H-pyrrole nitrogens is 1. The second kappa shape index (κ2) is 3.89. The second-order valence-electron chi connectivity index (χ2n) is 4.38. The first-order valence-electron chi connectivity index (χ1n) is 5.53. The molecule has 2 aromatic rings. The minimum atomic E-state index is -0.448. The first-order chi connectivity index (χ1) is 8.64. The Balaban J connectivity index is 1.89. The number of carbonyl (C=O) groups is 1. The molecule has 0 aromatic carbocycles. The van der Waals surface area contributed by atoms with Gasteiger partial charge in [-0.25, -0.2) is 4.98 Å². The van der Waals surface area contributed by atoms with Gasteiger partial charge in [0.15, 0.2) is 10.8 Å². The number of rotatable bonds is 3. The average Bonchev–Trinajstić information content (AvgIpc) is 3.01. The van der Waals surface area contributed by atoms with Crippen molar-refractivity contribution in [1.82, 2.24) is 19.9 Å². The fourth-order valence-electron chi connectivity index (χ4n) is 1.76. The van der Waals surface area contributed by atoms with Crippen molar-refractivity contribution in [2.24, 2.45) is 11.1 Å². The summed E-state index contributed by atoms with van der Waals surface area (Å²) in [5, 5.41) is 2.87. The number of hydrogen-bond acceptors (Lipinski definition) is 5. The summed E-state index contributed by atoms with van der Waals surface area (Å²) in [5.74, 6) is 0.000257. The molecular formula is C10H11ClN6O. The van der Waals surface area contributed by atoms with Crippen LogP contribution in [0.1, 0.15) is 12.8 Å². The molecule has 4 N–H and O–H groups in total. The lowest BCUT2D eigenvalue weighted by atomic mass is 10.1. The van der Waals surface area contributed by atoms with Gasteiger partial charge in [0.05, 0.1) is 11.7 Å². The van der Waals surface area contributed by atoms with Crippen molar-refractivity contribution in [2.75, 3.05) is 11.9 Å². The van der Waals surface area contributed by atoms with Crippen LogP contribution >= 0.6 is 11.6 Å². The van der Waals surface area contributed by atoms with Gasteiger partial charge >= 0.3 is 0 Å². The molecule has 0 aliphatic heterocycles. The van der Waals surface area contributed by atoms with Crippen LogP contribution in [0.5, 0.6) is 0 Å². The Morgan fingerprint density at radius 1 is 1.56 bits per heavy atom. The van der Waals surface area contributed by atoms with E-state index < -0.39 is 5.41 Å². The van der Waals surface area contributed by atoms with Crippen molar-refractivity contribution >= 4 is 34.6 Å². The van der Waals surface area contributed by atoms with Crippen LogP contribution in [0.25, 0.3) is 11.2 Å². The van der Waals surface area contributed by atoms with Gasteiger partial charge in [-0.1, -0.05) is 11.6 Å². The first-order valence-corrected chi connectivity index (χ1v) is 5.90. The zero-order chi connectivity index (χ0) is 12.8. The highest BCUT2D eigenvalue weighted by Crippen LogP contribution is 2.45. The van der Waals surface area contributed by atoms with Crippen LogP contribution in [0.3, 0.4) is 0 Å². The normalized spacial score (nSPS) is 16.8. The maximum absolute atomic E-state index is 12.0. The molecule has 8 heteroatoms. The summed E-state index contributed by atoms with van der Waals surface area (Å²) in [4.78, 5) is 26.9. The molecule has 0 bridgehead atoms. The van der Waals surface area contributed by atoms with E-state index in [-0.39, 0.29) is 17.0 Å². The van der Waals surface area contributed by atoms with Crippen molar-refractivity contribution in [3.63, 3.8) is 0 Å². The Bertz CT molecular complexity index is 620. The summed E-state index contributed by atoms with van der Waals surface area (Å²) in [5.41, 5.74) is 6.10. The Hall–Kier alpha value is -1.73. The Morgan fingerprint density at radius 2 is 2.33 bits per heavy atom. The van der Waals surface area contributed by atoms with Crippen LogP contribution in [0.15, 0.2) is 6.33 Å². The first kappa shape index (κ1) is 11.4. The van der Waals surface area contributed by atoms with Gasteiger partial charge in [0.25, 0.3) is 0 Å². The maximum Gasteiger partial charge on any atom is 0.234 e.